The summed E-state index contributed by atoms with van der Waals surface area (Å²) in [6.45, 7) is 0.745. The zero-order valence-corrected chi connectivity index (χ0v) is 10.1. The molecule has 0 spiro atoms. The van der Waals surface area contributed by atoms with Gasteiger partial charge in [-0.1, -0.05) is 17.2 Å². The van der Waals surface area contributed by atoms with Gasteiger partial charge in [-0.15, -0.1) is 5.46 Å². The maximum atomic E-state index is 12.6. The molecule has 0 fully saturated rings. The van der Waals surface area contributed by atoms with E-state index in [4.69, 9.17) is 4.74 Å². The minimum atomic E-state index is -4.94. The molecule has 0 aliphatic carbocycles. The van der Waals surface area contributed by atoms with Crippen molar-refractivity contribution >= 4 is 12.4 Å². The molecular weight excluding hydrogens is 228 g/mol. The molecule has 5 heteroatoms. The fourth-order valence-electron chi connectivity index (χ4n) is 1.41. The molecule has 0 N–H and O–H groups in total. The molecule has 0 saturated carbocycles. The normalized spacial score (nSPS) is 11.2. The summed E-state index contributed by atoms with van der Waals surface area (Å²) < 4.78 is 43.0. The fraction of sp³-hybridized carbons (Fsp3) is 0.333. The molecule has 0 aliphatic rings. The standard InChI is InChI=1S/C12H15BF3O/c1-9(2)6-7-17-11-4-5-12(10(3)8-11)13(14,15)16/h4-6,8H,7H2,1-3H3/q-1. The Morgan fingerprint density at radius 3 is 2.41 bits per heavy atom. The van der Waals surface area contributed by atoms with Crippen LogP contribution in [0.25, 0.3) is 0 Å². The maximum absolute atomic E-state index is 12.6. The van der Waals surface area contributed by atoms with Gasteiger partial charge in [-0.2, -0.15) is 0 Å². The van der Waals surface area contributed by atoms with Crippen molar-refractivity contribution in [3.63, 3.8) is 0 Å². The predicted molar refractivity (Wildman–Crippen MR) is 64.8 cm³/mol. The molecule has 0 heterocycles. The first-order chi connectivity index (χ1) is 7.80. The zero-order valence-electron chi connectivity index (χ0n) is 10.1. The minimum absolute atomic E-state index is 0.201. The highest BCUT2D eigenvalue weighted by molar-refractivity contribution is 6.74. The summed E-state index contributed by atoms with van der Waals surface area (Å²) >= 11 is 0. The van der Waals surface area contributed by atoms with E-state index in [0.717, 1.165) is 11.6 Å². The molecule has 17 heavy (non-hydrogen) atoms. The van der Waals surface area contributed by atoms with Gasteiger partial charge in [0.2, 0.25) is 0 Å². The Hall–Kier alpha value is -1.39. The van der Waals surface area contributed by atoms with Crippen molar-refractivity contribution in [2.24, 2.45) is 0 Å². The second kappa shape index (κ2) is 5.30. The van der Waals surface area contributed by atoms with E-state index in [1.54, 1.807) is 0 Å². The van der Waals surface area contributed by atoms with Crippen molar-refractivity contribution in [3.05, 3.63) is 35.4 Å². The van der Waals surface area contributed by atoms with Crippen molar-refractivity contribution in [2.45, 2.75) is 20.8 Å². The highest BCUT2D eigenvalue weighted by Crippen LogP contribution is 2.17. The van der Waals surface area contributed by atoms with Gasteiger partial charge in [0.05, 0.1) is 0 Å². The van der Waals surface area contributed by atoms with Crippen LogP contribution in [-0.2, 0) is 0 Å². The number of halogens is 3. The van der Waals surface area contributed by atoms with E-state index < -0.39 is 12.4 Å². The molecule has 0 amide bonds. The van der Waals surface area contributed by atoms with Gasteiger partial charge in [-0.3, -0.25) is 0 Å². The largest absolute Gasteiger partial charge is 0.509 e. The monoisotopic (exact) mass is 243 g/mol. The first-order valence-electron chi connectivity index (χ1n) is 5.37. The lowest BCUT2D eigenvalue weighted by Crippen LogP contribution is -2.35. The number of hydrogen-bond acceptors (Lipinski definition) is 1. The van der Waals surface area contributed by atoms with Crippen LogP contribution in [0.5, 0.6) is 5.75 Å². The van der Waals surface area contributed by atoms with E-state index in [1.807, 2.05) is 19.9 Å². The topological polar surface area (TPSA) is 9.23 Å². The summed E-state index contributed by atoms with van der Waals surface area (Å²) in [7, 11) is 0. The van der Waals surface area contributed by atoms with Gasteiger partial charge in [0.15, 0.2) is 0 Å². The SMILES string of the molecule is CC(C)=CCOc1ccc([B-](F)(F)F)c(C)c1. The Labute approximate surface area is 99.3 Å². The lowest BCUT2D eigenvalue weighted by Gasteiger charge is -2.18. The van der Waals surface area contributed by atoms with E-state index in [1.165, 1.54) is 19.1 Å². The van der Waals surface area contributed by atoms with Gasteiger partial charge in [0, 0.05) is 0 Å². The molecule has 0 atom stereocenters. The summed E-state index contributed by atoms with van der Waals surface area (Å²) in [5.74, 6) is 0.462. The molecule has 0 saturated heterocycles. The molecule has 0 bridgehead atoms. The summed E-state index contributed by atoms with van der Waals surface area (Å²) in [5.41, 5.74) is 0.753. The van der Waals surface area contributed by atoms with E-state index in [2.05, 4.69) is 0 Å². The molecule has 1 aromatic carbocycles. The van der Waals surface area contributed by atoms with Crippen LogP contribution < -0.4 is 10.2 Å². The third kappa shape index (κ3) is 4.17. The van der Waals surface area contributed by atoms with Crippen molar-refractivity contribution < 1.29 is 17.7 Å². The Morgan fingerprint density at radius 1 is 1.29 bits per heavy atom. The van der Waals surface area contributed by atoms with Crippen molar-refractivity contribution in [2.75, 3.05) is 6.61 Å². The highest BCUT2D eigenvalue weighted by atomic mass is 19.4. The predicted octanol–water partition coefficient (Wildman–Crippen LogP) is 3.39. The number of rotatable bonds is 4. The molecule has 0 aromatic heterocycles. The second-order valence-electron chi connectivity index (χ2n) is 4.19. The molecule has 1 rings (SSSR count). The number of ether oxygens (including phenoxy) is 1. The van der Waals surface area contributed by atoms with Gasteiger partial charge in [-0.05, 0) is 39.0 Å². The van der Waals surface area contributed by atoms with E-state index in [9.17, 15) is 12.9 Å². The summed E-state index contributed by atoms with van der Waals surface area (Å²) in [4.78, 5) is 0. The first-order valence-corrected chi connectivity index (χ1v) is 5.37. The van der Waals surface area contributed by atoms with E-state index in [0.29, 0.717) is 12.4 Å². The molecule has 0 aliphatic heterocycles. The fourth-order valence-corrected chi connectivity index (χ4v) is 1.41. The number of aryl methyl sites for hydroxylation is 1. The van der Waals surface area contributed by atoms with Crippen LogP contribution in [0, 0.1) is 6.92 Å². The van der Waals surface area contributed by atoms with Gasteiger partial charge < -0.3 is 17.7 Å². The third-order valence-corrected chi connectivity index (χ3v) is 2.34. The molecular formula is C12H15BF3O-. The third-order valence-electron chi connectivity index (χ3n) is 2.34. The Morgan fingerprint density at radius 2 is 1.94 bits per heavy atom. The maximum Gasteiger partial charge on any atom is 0.509 e. The molecule has 0 unspecified atom stereocenters. The van der Waals surface area contributed by atoms with Crippen LogP contribution in [-0.4, -0.2) is 13.6 Å². The van der Waals surface area contributed by atoms with Gasteiger partial charge in [0.1, 0.15) is 12.4 Å². The van der Waals surface area contributed by atoms with Crippen molar-refractivity contribution in [1.29, 1.82) is 0 Å². The summed E-state index contributed by atoms with van der Waals surface area (Å²) in [6.07, 6.45) is 1.87. The lowest BCUT2D eigenvalue weighted by atomic mass is 9.77. The van der Waals surface area contributed by atoms with Gasteiger partial charge in [0.25, 0.3) is 0 Å². The smallest absolute Gasteiger partial charge is 0.490 e. The van der Waals surface area contributed by atoms with Crippen molar-refractivity contribution in [3.8, 4) is 5.75 Å². The number of allylic oxidation sites excluding steroid dienone is 1. The lowest BCUT2D eigenvalue weighted by molar-refractivity contribution is 0.362. The number of benzene rings is 1. The van der Waals surface area contributed by atoms with Crippen LogP contribution in [0.15, 0.2) is 29.8 Å². The van der Waals surface area contributed by atoms with Crippen molar-refractivity contribution in [1.82, 2.24) is 0 Å². The summed E-state index contributed by atoms with van der Waals surface area (Å²) in [5, 5.41) is 0. The van der Waals surface area contributed by atoms with Crippen LogP contribution in [0.2, 0.25) is 0 Å². The highest BCUT2D eigenvalue weighted by Gasteiger charge is 2.27. The van der Waals surface area contributed by atoms with Crippen LogP contribution in [0.3, 0.4) is 0 Å². The van der Waals surface area contributed by atoms with Crippen LogP contribution in [0.1, 0.15) is 19.4 Å². The van der Waals surface area contributed by atoms with E-state index >= 15 is 0 Å². The Kier molecular flexibility index (Phi) is 4.26. The molecule has 1 aromatic rings. The zero-order chi connectivity index (χ0) is 13.1. The molecule has 0 radical (unpaired) electrons. The minimum Gasteiger partial charge on any atom is -0.490 e. The van der Waals surface area contributed by atoms with E-state index in [-0.39, 0.29) is 5.56 Å². The molecule has 94 valence electrons. The summed E-state index contributed by atoms with van der Waals surface area (Å²) in [6, 6.07) is 3.85. The quantitative estimate of drug-likeness (QED) is 0.581. The first kappa shape index (κ1) is 13.7. The van der Waals surface area contributed by atoms with Gasteiger partial charge in [-0.25, -0.2) is 0 Å². The van der Waals surface area contributed by atoms with Crippen LogP contribution >= 0.6 is 0 Å². The Balaban J connectivity index is 2.79. The second-order valence-corrected chi connectivity index (χ2v) is 4.19. The average molecular weight is 243 g/mol. The van der Waals surface area contributed by atoms with Gasteiger partial charge >= 0.3 is 6.98 Å². The number of hydrogen-bond donors (Lipinski definition) is 0. The Bertz CT molecular complexity index is 420. The molecule has 1 nitrogen and oxygen atoms in total. The average Bonchev–Trinajstić information content (AvgIpc) is 2.14. The van der Waals surface area contributed by atoms with Crippen LogP contribution in [0.4, 0.5) is 12.9 Å².